The third-order valence-corrected chi connectivity index (χ3v) is 8.29. The fourth-order valence-corrected chi connectivity index (χ4v) is 6.22. The van der Waals surface area contributed by atoms with Crippen molar-refractivity contribution in [2.45, 2.75) is 117 Å². The minimum Gasteiger partial charge on any atom is -0.481 e. The molecule has 4 atom stereocenters. The summed E-state index contributed by atoms with van der Waals surface area (Å²) >= 11 is 0. The van der Waals surface area contributed by atoms with Crippen molar-refractivity contribution >= 4 is 23.9 Å². The zero-order valence-corrected chi connectivity index (χ0v) is 22.2. The molecule has 0 amide bonds. The van der Waals surface area contributed by atoms with Crippen molar-refractivity contribution in [3.05, 3.63) is 0 Å². The van der Waals surface area contributed by atoms with E-state index < -0.39 is 35.7 Å². The van der Waals surface area contributed by atoms with Crippen LogP contribution in [0.3, 0.4) is 0 Å². The molecule has 208 valence electrons. The van der Waals surface area contributed by atoms with Crippen LogP contribution in [0.15, 0.2) is 0 Å². The lowest BCUT2D eigenvalue weighted by Gasteiger charge is -2.43. The maximum absolute atomic E-state index is 11.0. The van der Waals surface area contributed by atoms with E-state index in [-0.39, 0.29) is 12.8 Å². The van der Waals surface area contributed by atoms with E-state index in [1.807, 2.05) is 0 Å². The van der Waals surface area contributed by atoms with Gasteiger partial charge in [0, 0.05) is 0 Å². The summed E-state index contributed by atoms with van der Waals surface area (Å²) in [6.45, 7) is 4.61. The normalized spacial score (nSPS) is 22.1. The fraction of sp³-hybridized carbons (Fsp3) is 0.857. The highest BCUT2D eigenvalue weighted by molar-refractivity contribution is 5.93. The molecule has 1 saturated carbocycles. The van der Waals surface area contributed by atoms with E-state index in [0.29, 0.717) is 30.6 Å². The molecule has 36 heavy (non-hydrogen) atoms. The summed E-state index contributed by atoms with van der Waals surface area (Å²) < 4.78 is 0. The Morgan fingerprint density at radius 2 is 1.03 bits per heavy atom. The van der Waals surface area contributed by atoms with E-state index in [2.05, 4.69) is 13.8 Å². The standard InChI is InChI=1S/C28H48O8/c1-3-12-20-18-17-19(2)21(13-8-4-6-10-15-23(25(29)30)26(31)32)22(20)14-9-5-7-11-16-24(27(33)34)28(35)36/h19-24H,3-18H2,1-2H3,(H,29,30)(H,31,32)(H,33,34)(H,35,36). The molecule has 0 aromatic heterocycles. The largest absolute Gasteiger partial charge is 0.481 e. The summed E-state index contributed by atoms with van der Waals surface area (Å²) in [7, 11) is 0. The van der Waals surface area contributed by atoms with Crippen molar-refractivity contribution in [2.24, 2.45) is 35.5 Å². The SMILES string of the molecule is CCCC1CCC(C)C(CCCCCCC(C(=O)O)C(=O)O)C1CCCCCCC(C(=O)O)C(=O)O. The van der Waals surface area contributed by atoms with Crippen LogP contribution in [0, 0.1) is 35.5 Å². The first kappa shape index (κ1) is 31.9. The summed E-state index contributed by atoms with van der Waals surface area (Å²) in [4.78, 5) is 44.1. The van der Waals surface area contributed by atoms with Crippen LogP contribution >= 0.6 is 0 Å². The van der Waals surface area contributed by atoms with Crippen molar-refractivity contribution in [2.75, 3.05) is 0 Å². The van der Waals surface area contributed by atoms with Crippen molar-refractivity contribution in [3.63, 3.8) is 0 Å². The summed E-state index contributed by atoms with van der Waals surface area (Å²) in [5, 5.41) is 36.0. The van der Waals surface area contributed by atoms with Gasteiger partial charge in [0.15, 0.2) is 11.8 Å². The molecular weight excluding hydrogens is 464 g/mol. The molecule has 0 spiro atoms. The second-order valence-electron chi connectivity index (χ2n) is 10.9. The molecular formula is C28H48O8. The predicted molar refractivity (Wildman–Crippen MR) is 137 cm³/mol. The van der Waals surface area contributed by atoms with Gasteiger partial charge < -0.3 is 20.4 Å². The van der Waals surface area contributed by atoms with Gasteiger partial charge in [0.25, 0.3) is 0 Å². The van der Waals surface area contributed by atoms with Gasteiger partial charge in [0.05, 0.1) is 0 Å². The van der Waals surface area contributed by atoms with Crippen LogP contribution in [-0.2, 0) is 19.2 Å². The van der Waals surface area contributed by atoms with E-state index in [4.69, 9.17) is 20.4 Å². The topological polar surface area (TPSA) is 149 Å². The smallest absolute Gasteiger partial charge is 0.317 e. The van der Waals surface area contributed by atoms with Crippen molar-refractivity contribution < 1.29 is 39.6 Å². The molecule has 4 N–H and O–H groups in total. The molecule has 1 rings (SSSR count). The molecule has 8 nitrogen and oxygen atoms in total. The average Bonchev–Trinajstić information content (AvgIpc) is 2.79. The first-order valence-electron chi connectivity index (χ1n) is 14.0. The third kappa shape index (κ3) is 11.3. The number of hydrogen-bond donors (Lipinski definition) is 4. The molecule has 4 unspecified atom stereocenters. The molecule has 0 radical (unpaired) electrons. The van der Waals surface area contributed by atoms with Crippen LogP contribution in [0.25, 0.3) is 0 Å². The van der Waals surface area contributed by atoms with E-state index in [9.17, 15) is 19.2 Å². The molecule has 1 aliphatic rings. The first-order chi connectivity index (χ1) is 17.1. The van der Waals surface area contributed by atoms with Gasteiger partial charge in [-0.3, -0.25) is 19.2 Å². The molecule has 0 aliphatic heterocycles. The van der Waals surface area contributed by atoms with Gasteiger partial charge in [-0.2, -0.15) is 0 Å². The lowest BCUT2D eigenvalue weighted by Crippen LogP contribution is -2.33. The van der Waals surface area contributed by atoms with E-state index in [1.54, 1.807) is 0 Å². The predicted octanol–water partition coefficient (Wildman–Crippen LogP) is 6.32. The van der Waals surface area contributed by atoms with Crippen molar-refractivity contribution in [3.8, 4) is 0 Å². The van der Waals surface area contributed by atoms with Crippen LogP contribution in [0.5, 0.6) is 0 Å². The highest BCUT2D eigenvalue weighted by Crippen LogP contribution is 2.45. The molecule has 8 heteroatoms. The van der Waals surface area contributed by atoms with Crippen LogP contribution in [0.2, 0.25) is 0 Å². The van der Waals surface area contributed by atoms with Crippen LogP contribution < -0.4 is 0 Å². The second kappa shape index (κ2) is 17.4. The average molecular weight is 513 g/mol. The number of carbonyl (C=O) groups is 4. The van der Waals surface area contributed by atoms with Gasteiger partial charge in [0.2, 0.25) is 0 Å². The lowest BCUT2D eigenvalue weighted by molar-refractivity contribution is -0.156. The van der Waals surface area contributed by atoms with Crippen LogP contribution in [0.4, 0.5) is 0 Å². The maximum atomic E-state index is 11.0. The highest BCUT2D eigenvalue weighted by Gasteiger charge is 2.36. The fourth-order valence-electron chi connectivity index (χ4n) is 6.22. The van der Waals surface area contributed by atoms with E-state index in [1.165, 1.54) is 32.1 Å². The van der Waals surface area contributed by atoms with E-state index >= 15 is 0 Å². The number of carboxylic acid groups (broad SMARTS) is 4. The highest BCUT2D eigenvalue weighted by atomic mass is 16.4. The second-order valence-corrected chi connectivity index (χ2v) is 10.9. The Morgan fingerprint density at radius 3 is 1.44 bits per heavy atom. The number of hydrogen-bond acceptors (Lipinski definition) is 4. The third-order valence-electron chi connectivity index (χ3n) is 8.29. The first-order valence-corrected chi connectivity index (χ1v) is 14.0. The molecule has 0 heterocycles. The molecule has 0 aromatic carbocycles. The summed E-state index contributed by atoms with van der Waals surface area (Å²) in [5.41, 5.74) is 0. The summed E-state index contributed by atoms with van der Waals surface area (Å²) in [5.74, 6) is -4.86. The van der Waals surface area contributed by atoms with Gasteiger partial charge in [-0.15, -0.1) is 0 Å². The van der Waals surface area contributed by atoms with Crippen molar-refractivity contribution in [1.82, 2.24) is 0 Å². The quantitative estimate of drug-likeness (QED) is 0.109. The van der Waals surface area contributed by atoms with Crippen LogP contribution in [0.1, 0.15) is 117 Å². The molecule has 0 saturated heterocycles. The van der Waals surface area contributed by atoms with Gasteiger partial charge in [-0.25, -0.2) is 0 Å². The van der Waals surface area contributed by atoms with Gasteiger partial charge in [0.1, 0.15) is 0 Å². The number of carboxylic acids is 4. The summed E-state index contributed by atoms with van der Waals surface area (Å²) in [6.07, 6.45) is 14.8. The number of unbranched alkanes of at least 4 members (excludes halogenated alkanes) is 6. The minimum absolute atomic E-state index is 0.186. The Kier molecular flexibility index (Phi) is 15.4. The van der Waals surface area contributed by atoms with Crippen LogP contribution in [-0.4, -0.2) is 44.3 Å². The maximum Gasteiger partial charge on any atom is 0.317 e. The Morgan fingerprint density at radius 1 is 0.611 bits per heavy atom. The molecule has 0 aromatic rings. The lowest BCUT2D eigenvalue weighted by atomic mass is 9.63. The zero-order chi connectivity index (χ0) is 27.1. The minimum atomic E-state index is -1.30. The van der Waals surface area contributed by atoms with Gasteiger partial charge in [-0.05, 0) is 55.8 Å². The molecule has 1 aliphatic carbocycles. The Balaban J connectivity index is 2.49. The monoisotopic (exact) mass is 512 g/mol. The number of rotatable bonds is 20. The Hall–Kier alpha value is -2.12. The van der Waals surface area contributed by atoms with Crippen molar-refractivity contribution in [1.29, 1.82) is 0 Å². The van der Waals surface area contributed by atoms with Gasteiger partial charge >= 0.3 is 23.9 Å². The number of aliphatic carboxylic acids is 4. The molecule has 1 fully saturated rings. The van der Waals surface area contributed by atoms with Gasteiger partial charge in [-0.1, -0.05) is 84.5 Å². The summed E-state index contributed by atoms with van der Waals surface area (Å²) in [6, 6.07) is 0. The zero-order valence-electron chi connectivity index (χ0n) is 22.2. The Labute approximate surface area is 215 Å². The van der Waals surface area contributed by atoms with E-state index in [0.717, 1.165) is 50.9 Å². The molecule has 0 bridgehead atoms. The Bertz CT molecular complexity index is 663.